The molecule has 1 aliphatic carbocycles. The van der Waals surface area contributed by atoms with Crippen LogP contribution in [0.2, 0.25) is 0 Å². The zero-order chi connectivity index (χ0) is 13.8. The van der Waals surface area contributed by atoms with Crippen LogP contribution < -0.4 is 0 Å². The fraction of sp³-hybridized carbons (Fsp3) is 0.667. The van der Waals surface area contributed by atoms with E-state index in [1.165, 1.54) is 69.8 Å². The number of aryl methyl sites for hydroxylation is 1. The van der Waals surface area contributed by atoms with Crippen LogP contribution in [0.1, 0.15) is 76.7 Å². The molecule has 19 heavy (non-hydrogen) atoms. The van der Waals surface area contributed by atoms with Gasteiger partial charge in [-0.2, -0.15) is 0 Å². The summed E-state index contributed by atoms with van der Waals surface area (Å²) in [5, 5.41) is 9.15. The molecular formula is C18H30O. The van der Waals surface area contributed by atoms with Crippen molar-refractivity contribution in [3.8, 4) is 5.75 Å². The first-order valence-electron chi connectivity index (χ1n) is 8.11. The van der Waals surface area contributed by atoms with Gasteiger partial charge >= 0.3 is 0 Å². The lowest BCUT2D eigenvalue weighted by molar-refractivity contribution is 0.475. The predicted octanol–water partition coefficient (Wildman–Crippen LogP) is 5.86. The minimum atomic E-state index is 0.364. The minimum Gasteiger partial charge on any atom is -0.508 e. The van der Waals surface area contributed by atoms with Crippen molar-refractivity contribution in [1.82, 2.24) is 0 Å². The lowest BCUT2D eigenvalue weighted by atomic mass is 10.0. The van der Waals surface area contributed by atoms with Crippen LogP contribution in [0, 0.1) is 0 Å². The number of hydrogen-bond donors (Lipinski definition) is 1. The molecule has 1 aromatic rings. The summed E-state index contributed by atoms with van der Waals surface area (Å²) in [6.45, 7) is 2.25. The van der Waals surface area contributed by atoms with E-state index in [-0.39, 0.29) is 0 Å². The normalized spacial score (nSPS) is 12.7. The summed E-state index contributed by atoms with van der Waals surface area (Å²) in [5.74, 6) is 0.364. The fourth-order valence-electron chi connectivity index (χ4n) is 1.95. The Labute approximate surface area is 119 Å². The molecule has 0 unspecified atom stereocenters. The number of aromatic hydroxyl groups is 1. The smallest absolute Gasteiger partial charge is 0.115 e. The summed E-state index contributed by atoms with van der Waals surface area (Å²) >= 11 is 0. The summed E-state index contributed by atoms with van der Waals surface area (Å²) < 4.78 is 0. The number of phenolic OH excluding ortho intramolecular Hbond substituents is 1. The zero-order valence-electron chi connectivity index (χ0n) is 12.5. The van der Waals surface area contributed by atoms with Gasteiger partial charge in [-0.1, -0.05) is 76.8 Å². The Morgan fingerprint density at radius 2 is 1.32 bits per heavy atom. The van der Waals surface area contributed by atoms with Crippen molar-refractivity contribution in [1.29, 1.82) is 0 Å². The molecule has 1 aromatic carbocycles. The summed E-state index contributed by atoms with van der Waals surface area (Å²) in [7, 11) is 0. The molecule has 0 atom stereocenters. The molecule has 0 spiro atoms. The average Bonchev–Trinajstić information content (AvgIpc) is 3.28. The molecule has 0 radical (unpaired) electrons. The van der Waals surface area contributed by atoms with E-state index < -0.39 is 0 Å². The standard InChI is InChI=1S/C15H24O.C3H6/c1-2-3-4-5-6-7-8-9-14-10-12-15(16)13-11-14;1-2-3-1/h10-13,16H,2-9H2,1H3;1-3H2. The van der Waals surface area contributed by atoms with Crippen LogP contribution in [0.25, 0.3) is 0 Å². The molecule has 1 saturated carbocycles. The Hall–Kier alpha value is -0.980. The maximum absolute atomic E-state index is 9.15. The van der Waals surface area contributed by atoms with Crippen LogP contribution in [0.4, 0.5) is 0 Å². The monoisotopic (exact) mass is 262 g/mol. The summed E-state index contributed by atoms with van der Waals surface area (Å²) in [6, 6.07) is 7.59. The van der Waals surface area contributed by atoms with Crippen LogP contribution in [-0.2, 0) is 6.42 Å². The van der Waals surface area contributed by atoms with Gasteiger partial charge in [-0.25, -0.2) is 0 Å². The Balaban J connectivity index is 0.000000524. The van der Waals surface area contributed by atoms with Crippen molar-refractivity contribution in [2.45, 2.75) is 77.6 Å². The molecule has 0 bridgehead atoms. The van der Waals surface area contributed by atoms with E-state index in [4.69, 9.17) is 5.11 Å². The van der Waals surface area contributed by atoms with Crippen molar-refractivity contribution in [2.24, 2.45) is 0 Å². The fourth-order valence-corrected chi connectivity index (χ4v) is 1.95. The molecule has 0 aliphatic heterocycles. The molecule has 1 N–H and O–H groups in total. The van der Waals surface area contributed by atoms with Crippen LogP contribution in [-0.4, -0.2) is 5.11 Å². The van der Waals surface area contributed by atoms with Gasteiger partial charge in [-0.3, -0.25) is 0 Å². The SMILES string of the molecule is C1CC1.CCCCCCCCCc1ccc(O)cc1. The maximum Gasteiger partial charge on any atom is 0.115 e. The highest BCUT2D eigenvalue weighted by molar-refractivity contribution is 5.25. The second-order valence-electron chi connectivity index (χ2n) is 5.60. The first-order valence-corrected chi connectivity index (χ1v) is 8.11. The van der Waals surface area contributed by atoms with E-state index in [2.05, 4.69) is 6.92 Å². The zero-order valence-corrected chi connectivity index (χ0v) is 12.5. The van der Waals surface area contributed by atoms with Gasteiger partial charge in [0.1, 0.15) is 5.75 Å². The molecule has 1 aliphatic rings. The highest BCUT2D eigenvalue weighted by atomic mass is 16.3. The molecule has 108 valence electrons. The van der Waals surface area contributed by atoms with E-state index in [1.807, 2.05) is 12.1 Å². The summed E-state index contributed by atoms with van der Waals surface area (Å²) in [5.41, 5.74) is 1.34. The molecule has 0 saturated heterocycles. The van der Waals surface area contributed by atoms with E-state index >= 15 is 0 Å². The van der Waals surface area contributed by atoms with Crippen molar-refractivity contribution < 1.29 is 5.11 Å². The van der Waals surface area contributed by atoms with E-state index in [1.54, 1.807) is 12.1 Å². The quantitative estimate of drug-likeness (QED) is 0.582. The van der Waals surface area contributed by atoms with Crippen molar-refractivity contribution in [2.75, 3.05) is 0 Å². The van der Waals surface area contributed by atoms with Crippen molar-refractivity contribution in [3.05, 3.63) is 29.8 Å². The largest absolute Gasteiger partial charge is 0.508 e. The second-order valence-corrected chi connectivity index (χ2v) is 5.60. The van der Waals surface area contributed by atoms with Gasteiger partial charge in [0, 0.05) is 0 Å². The maximum atomic E-state index is 9.15. The molecule has 0 heterocycles. The topological polar surface area (TPSA) is 20.2 Å². The van der Waals surface area contributed by atoms with E-state index in [9.17, 15) is 0 Å². The molecule has 1 fully saturated rings. The van der Waals surface area contributed by atoms with Gasteiger partial charge in [0.05, 0.1) is 0 Å². The molecule has 2 rings (SSSR count). The summed E-state index contributed by atoms with van der Waals surface area (Å²) in [4.78, 5) is 0. The summed E-state index contributed by atoms with van der Waals surface area (Å²) in [6.07, 6.45) is 15.1. The third-order valence-corrected chi connectivity index (χ3v) is 3.36. The Morgan fingerprint density at radius 1 is 0.789 bits per heavy atom. The highest BCUT2D eigenvalue weighted by Crippen LogP contribution is 2.15. The highest BCUT2D eigenvalue weighted by Gasteiger charge is 1.95. The third kappa shape index (κ3) is 10.6. The van der Waals surface area contributed by atoms with Gasteiger partial charge in [0.15, 0.2) is 0 Å². The first kappa shape index (κ1) is 16.1. The molecule has 0 amide bonds. The van der Waals surface area contributed by atoms with Crippen molar-refractivity contribution in [3.63, 3.8) is 0 Å². The van der Waals surface area contributed by atoms with E-state index in [0.29, 0.717) is 5.75 Å². The van der Waals surface area contributed by atoms with Crippen LogP contribution in [0.3, 0.4) is 0 Å². The molecule has 1 nitrogen and oxygen atoms in total. The molecule has 0 aromatic heterocycles. The lowest BCUT2D eigenvalue weighted by Gasteiger charge is -2.02. The van der Waals surface area contributed by atoms with Crippen LogP contribution in [0.15, 0.2) is 24.3 Å². The van der Waals surface area contributed by atoms with Gasteiger partial charge in [-0.05, 0) is 30.5 Å². The van der Waals surface area contributed by atoms with Gasteiger partial charge < -0.3 is 5.11 Å². The molecule has 1 heteroatoms. The Bertz CT molecular complexity index is 297. The number of phenols is 1. The third-order valence-electron chi connectivity index (χ3n) is 3.36. The number of unbranched alkanes of at least 4 members (excludes halogenated alkanes) is 6. The van der Waals surface area contributed by atoms with Crippen LogP contribution >= 0.6 is 0 Å². The van der Waals surface area contributed by atoms with Gasteiger partial charge in [0.2, 0.25) is 0 Å². The Morgan fingerprint density at radius 3 is 1.84 bits per heavy atom. The number of benzene rings is 1. The average molecular weight is 262 g/mol. The lowest BCUT2D eigenvalue weighted by Crippen LogP contribution is -1.85. The van der Waals surface area contributed by atoms with Gasteiger partial charge in [0.25, 0.3) is 0 Å². The van der Waals surface area contributed by atoms with Crippen LogP contribution in [0.5, 0.6) is 5.75 Å². The van der Waals surface area contributed by atoms with Crippen molar-refractivity contribution >= 4 is 0 Å². The minimum absolute atomic E-state index is 0.364. The number of hydrogen-bond acceptors (Lipinski definition) is 1. The second kappa shape index (κ2) is 10.9. The van der Waals surface area contributed by atoms with Gasteiger partial charge in [-0.15, -0.1) is 0 Å². The van der Waals surface area contributed by atoms with E-state index in [0.717, 1.165) is 6.42 Å². The Kier molecular flexibility index (Phi) is 9.22. The predicted molar refractivity (Wildman–Crippen MR) is 83.7 cm³/mol. The number of rotatable bonds is 8. The molecular weight excluding hydrogens is 232 g/mol. The first-order chi connectivity index (χ1) is 9.33.